The van der Waals surface area contributed by atoms with E-state index in [2.05, 4.69) is 70.7 Å². The zero-order valence-electron chi connectivity index (χ0n) is 16.0. The van der Waals surface area contributed by atoms with Gasteiger partial charge in [-0.05, 0) is 55.1 Å². The molecule has 1 atom stereocenters. The number of hydrogen-bond acceptors (Lipinski definition) is 2. The molecular weight excluding hydrogens is 332 g/mol. The molecule has 1 aliphatic heterocycles. The number of unbranched alkanes of at least 4 members (excludes halogenated alkanes) is 1. The van der Waals surface area contributed by atoms with Gasteiger partial charge in [0.2, 0.25) is 0 Å². The number of ether oxygens (including phenoxy) is 1. The largest absolute Gasteiger partial charge is 0.497 e. The first-order valence-corrected chi connectivity index (χ1v) is 9.91. The summed E-state index contributed by atoms with van der Waals surface area (Å²) in [5.74, 6) is 1.46. The fraction of sp³-hybridized carbons (Fsp3) is 0.333. The lowest BCUT2D eigenvalue weighted by Gasteiger charge is -2.29. The molecule has 1 N–H and O–H groups in total. The number of hydrogen-bond donors (Lipinski definition) is 1. The number of methoxy groups -OCH3 is 1. The van der Waals surface area contributed by atoms with E-state index in [1.54, 1.807) is 7.11 Å². The van der Waals surface area contributed by atoms with Gasteiger partial charge in [-0.3, -0.25) is 4.90 Å². The second-order valence-corrected chi connectivity index (χ2v) is 7.39. The van der Waals surface area contributed by atoms with Gasteiger partial charge in [0.25, 0.3) is 0 Å². The van der Waals surface area contributed by atoms with E-state index < -0.39 is 0 Å². The fourth-order valence-corrected chi connectivity index (χ4v) is 4.03. The number of fused-ring (bicyclic) bond motifs is 1. The van der Waals surface area contributed by atoms with E-state index in [0.717, 1.165) is 25.3 Å². The Morgan fingerprint density at radius 1 is 1.11 bits per heavy atom. The van der Waals surface area contributed by atoms with Crippen LogP contribution in [0.25, 0.3) is 10.9 Å². The standard InChI is InChI=1S/C24H28N2O/c1-27-22-12-13-24-23(16-22)20(17-25-24)10-5-6-14-26-15-7-11-21(18-26)19-8-3-2-4-9-19/h2-4,7-9,11-13,16-17,21,25H,5-6,10,14-15,18H2,1H3. The molecule has 2 aromatic carbocycles. The average molecular weight is 361 g/mol. The number of aromatic nitrogens is 1. The third-order valence-electron chi connectivity index (χ3n) is 5.56. The van der Waals surface area contributed by atoms with E-state index in [4.69, 9.17) is 4.74 Å². The van der Waals surface area contributed by atoms with Crippen LogP contribution in [-0.4, -0.2) is 36.6 Å². The highest BCUT2D eigenvalue weighted by molar-refractivity contribution is 5.84. The van der Waals surface area contributed by atoms with Gasteiger partial charge in [0.1, 0.15) is 5.75 Å². The molecule has 3 aromatic rings. The number of benzene rings is 2. The van der Waals surface area contributed by atoms with Crippen molar-refractivity contribution in [3.05, 3.63) is 78.0 Å². The van der Waals surface area contributed by atoms with Gasteiger partial charge in [0, 0.05) is 36.1 Å². The maximum Gasteiger partial charge on any atom is 0.119 e. The highest BCUT2D eigenvalue weighted by Gasteiger charge is 2.16. The summed E-state index contributed by atoms with van der Waals surface area (Å²) in [6.07, 6.45) is 10.4. The summed E-state index contributed by atoms with van der Waals surface area (Å²) in [6.45, 7) is 3.37. The lowest BCUT2D eigenvalue weighted by molar-refractivity contribution is 0.278. The highest BCUT2D eigenvalue weighted by Crippen LogP contribution is 2.25. The van der Waals surface area contributed by atoms with Crippen molar-refractivity contribution >= 4 is 10.9 Å². The fourth-order valence-electron chi connectivity index (χ4n) is 4.03. The zero-order chi connectivity index (χ0) is 18.5. The maximum atomic E-state index is 5.37. The Morgan fingerprint density at radius 2 is 2.00 bits per heavy atom. The molecule has 4 rings (SSSR count). The summed E-state index contributed by atoms with van der Waals surface area (Å²) >= 11 is 0. The SMILES string of the molecule is COc1ccc2[nH]cc(CCCCN3CC=CC(c4ccccc4)C3)c2c1. The first-order valence-electron chi connectivity index (χ1n) is 9.91. The van der Waals surface area contributed by atoms with Crippen LogP contribution in [-0.2, 0) is 6.42 Å². The molecule has 1 aromatic heterocycles. The lowest BCUT2D eigenvalue weighted by Crippen LogP contribution is -2.32. The van der Waals surface area contributed by atoms with E-state index in [1.807, 2.05) is 6.07 Å². The third kappa shape index (κ3) is 4.25. The van der Waals surface area contributed by atoms with E-state index in [1.165, 1.54) is 41.4 Å². The Morgan fingerprint density at radius 3 is 2.85 bits per heavy atom. The van der Waals surface area contributed by atoms with Crippen molar-refractivity contribution in [2.45, 2.75) is 25.2 Å². The van der Waals surface area contributed by atoms with Crippen molar-refractivity contribution in [3.8, 4) is 5.75 Å². The van der Waals surface area contributed by atoms with E-state index >= 15 is 0 Å². The van der Waals surface area contributed by atoms with Gasteiger partial charge in [-0.2, -0.15) is 0 Å². The van der Waals surface area contributed by atoms with Crippen LogP contribution in [0, 0.1) is 0 Å². The number of nitrogens with zero attached hydrogens (tertiary/aromatic N) is 1. The Kier molecular flexibility index (Phi) is 5.59. The van der Waals surface area contributed by atoms with Crippen molar-refractivity contribution in [1.29, 1.82) is 0 Å². The molecule has 0 saturated carbocycles. The van der Waals surface area contributed by atoms with Crippen LogP contribution in [0.4, 0.5) is 0 Å². The van der Waals surface area contributed by atoms with Gasteiger partial charge in [0.05, 0.1) is 7.11 Å². The molecule has 0 bridgehead atoms. The minimum atomic E-state index is 0.529. The minimum Gasteiger partial charge on any atom is -0.497 e. The number of aryl methyl sites for hydroxylation is 1. The topological polar surface area (TPSA) is 28.3 Å². The van der Waals surface area contributed by atoms with Crippen LogP contribution in [0.1, 0.15) is 29.9 Å². The van der Waals surface area contributed by atoms with Gasteiger partial charge in [-0.25, -0.2) is 0 Å². The molecule has 0 fully saturated rings. The number of aromatic amines is 1. The van der Waals surface area contributed by atoms with Crippen LogP contribution in [0.2, 0.25) is 0 Å². The predicted octanol–water partition coefficient (Wildman–Crippen LogP) is 5.15. The van der Waals surface area contributed by atoms with Crippen LogP contribution >= 0.6 is 0 Å². The predicted molar refractivity (Wildman–Crippen MR) is 113 cm³/mol. The average Bonchev–Trinajstić information content (AvgIpc) is 3.14. The van der Waals surface area contributed by atoms with Crippen molar-refractivity contribution in [3.63, 3.8) is 0 Å². The Labute approximate surface area is 161 Å². The minimum absolute atomic E-state index is 0.529. The Hall–Kier alpha value is -2.52. The molecule has 0 spiro atoms. The van der Waals surface area contributed by atoms with Gasteiger partial charge < -0.3 is 9.72 Å². The van der Waals surface area contributed by atoms with Crippen molar-refractivity contribution in [2.24, 2.45) is 0 Å². The number of rotatable bonds is 7. The van der Waals surface area contributed by atoms with Crippen LogP contribution < -0.4 is 4.74 Å². The molecule has 0 saturated heterocycles. The third-order valence-corrected chi connectivity index (χ3v) is 5.56. The first kappa shape index (κ1) is 17.9. The number of nitrogens with one attached hydrogen (secondary N) is 1. The summed E-state index contributed by atoms with van der Waals surface area (Å²) in [4.78, 5) is 5.96. The zero-order valence-corrected chi connectivity index (χ0v) is 16.0. The van der Waals surface area contributed by atoms with Gasteiger partial charge in [0.15, 0.2) is 0 Å². The summed E-state index contributed by atoms with van der Waals surface area (Å²) in [7, 11) is 1.73. The normalized spacial score (nSPS) is 17.4. The summed E-state index contributed by atoms with van der Waals surface area (Å²) in [6, 6.07) is 17.1. The van der Waals surface area contributed by atoms with Crippen molar-refractivity contribution in [2.75, 3.05) is 26.7 Å². The van der Waals surface area contributed by atoms with E-state index in [0.29, 0.717) is 5.92 Å². The summed E-state index contributed by atoms with van der Waals surface area (Å²) < 4.78 is 5.37. The molecule has 27 heavy (non-hydrogen) atoms. The van der Waals surface area contributed by atoms with Gasteiger partial charge in [-0.15, -0.1) is 0 Å². The molecule has 0 aliphatic carbocycles. The molecule has 2 heterocycles. The van der Waals surface area contributed by atoms with Gasteiger partial charge in [-0.1, -0.05) is 42.5 Å². The Bertz CT molecular complexity index is 897. The molecule has 3 heteroatoms. The van der Waals surface area contributed by atoms with Crippen LogP contribution in [0.3, 0.4) is 0 Å². The first-order chi connectivity index (χ1) is 13.3. The van der Waals surface area contributed by atoms with Crippen molar-refractivity contribution in [1.82, 2.24) is 9.88 Å². The molecule has 0 radical (unpaired) electrons. The van der Waals surface area contributed by atoms with Crippen LogP contribution in [0.5, 0.6) is 5.75 Å². The molecule has 1 unspecified atom stereocenters. The molecular formula is C24H28N2O. The molecule has 0 amide bonds. The lowest BCUT2D eigenvalue weighted by atomic mass is 9.95. The van der Waals surface area contributed by atoms with Crippen LogP contribution in [0.15, 0.2) is 66.9 Å². The second-order valence-electron chi connectivity index (χ2n) is 7.39. The molecule has 140 valence electrons. The van der Waals surface area contributed by atoms with Crippen molar-refractivity contribution < 1.29 is 4.74 Å². The van der Waals surface area contributed by atoms with E-state index in [-0.39, 0.29) is 0 Å². The smallest absolute Gasteiger partial charge is 0.119 e. The van der Waals surface area contributed by atoms with Gasteiger partial charge >= 0.3 is 0 Å². The highest BCUT2D eigenvalue weighted by atomic mass is 16.5. The monoisotopic (exact) mass is 360 g/mol. The Balaban J connectivity index is 1.29. The maximum absolute atomic E-state index is 5.37. The number of H-pyrrole nitrogens is 1. The second kappa shape index (κ2) is 8.45. The molecule has 1 aliphatic rings. The van der Waals surface area contributed by atoms with E-state index in [9.17, 15) is 0 Å². The molecule has 3 nitrogen and oxygen atoms in total. The summed E-state index contributed by atoms with van der Waals surface area (Å²) in [5.41, 5.74) is 4.01. The quantitative estimate of drug-likeness (QED) is 0.466. The summed E-state index contributed by atoms with van der Waals surface area (Å²) in [5, 5.41) is 1.29.